The molecule has 0 aromatic carbocycles. The standard InChI is InChI=1S/C12H16O3S2/c13-12(14)11-9(6-7-16-11)8-17(15)10-4-2-1-3-5-10/h6-7,10H,1-5,8H2,(H,13,14). The van der Waals surface area contributed by atoms with Crippen molar-refractivity contribution in [2.75, 3.05) is 0 Å². The Morgan fingerprint density at radius 3 is 2.76 bits per heavy atom. The maximum atomic E-state index is 12.2. The molecule has 0 amide bonds. The molecular formula is C12H16O3S2. The van der Waals surface area contributed by atoms with Crippen molar-refractivity contribution in [1.82, 2.24) is 0 Å². The van der Waals surface area contributed by atoms with Gasteiger partial charge in [0.1, 0.15) is 4.88 Å². The van der Waals surface area contributed by atoms with Crippen LogP contribution in [0.2, 0.25) is 0 Å². The summed E-state index contributed by atoms with van der Waals surface area (Å²) < 4.78 is 12.2. The van der Waals surface area contributed by atoms with Crippen molar-refractivity contribution in [3.05, 3.63) is 21.9 Å². The van der Waals surface area contributed by atoms with Crippen LogP contribution in [-0.4, -0.2) is 20.5 Å². The van der Waals surface area contributed by atoms with Gasteiger partial charge in [0.25, 0.3) is 0 Å². The second-order valence-corrected chi connectivity index (χ2v) is 7.00. The average Bonchev–Trinajstić information content (AvgIpc) is 2.78. The van der Waals surface area contributed by atoms with Crippen LogP contribution in [0.1, 0.15) is 47.3 Å². The quantitative estimate of drug-likeness (QED) is 0.916. The molecule has 1 unspecified atom stereocenters. The number of carbonyl (C=O) groups is 1. The number of carboxylic acid groups (broad SMARTS) is 1. The molecule has 0 aliphatic heterocycles. The first-order valence-electron chi connectivity index (χ1n) is 5.85. The lowest BCUT2D eigenvalue weighted by molar-refractivity contribution is 0.0701. The minimum atomic E-state index is -0.919. The molecule has 1 atom stereocenters. The molecule has 0 radical (unpaired) electrons. The summed E-state index contributed by atoms with van der Waals surface area (Å²) in [5.41, 5.74) is 0.728. The summed E-state index contributed by atoms with van der Waals surface area (Å²) in [4.78, 5) is 11.3. The largest absolute Gasteiger partial charge is 0.477 e. The van der Waals surface area contributed by atoms with Gasteiger partial charge in [-0.25, -0.2) is 4.79 Å². The Kier molecular flexibility index (Phi) is 4.34. The SMILES string of the molecule is O=C(O)c1sccc1CS(=O)C1CCCCC1. The zero-order chi connectivity index (χ0) is 12.3. The van der Waals surface area contributed by atoms with Crippen LogP contribution in [0.3, 0.4) is 0 Å². The third-order valence-electron chi connectivity index (χ3n) is 3.16. The molecule has 1 aliphatic rings. The summed E-state index contributed by atoms with van der Waals surface area (Å²) >= 11 is 1.21. The maximum Gasteiger partial charge on any atom is 0.346 e. The van der Waals surface area contributed by atoms with Gasteiger partial charge in [0.05, 0.1) is 5.75 Å². The smallest absolute Gasteiger partial charge is 0.346 e. The van der Waals surface area contributed by atoms with Crippen molar-refractivity contribution in [2.45, 2.75) is 43.1 Å². The first kappa shape index (κ1) is 12.8. The Morgan fingerprint density at radius 1 is 1.41 bits per heavy atom. The van der Waals surface area contributed by atoms with Crippen LogP contribution in [0.15, 0.2) is 11.4 Å². The minimum absolute atomic E-state index is 0.269. The van der Waals surface area contributed by atoms with E-state index in [9.17, 15) is 9.00 Å². The lowest BCUT2D eigenvalue weighted by Crippen LogP contribution is -2.20. The minimum Gasteiger partial charge on any atom is -0.477 e. The summed E-state index contributed by atoms with van der Waals surface area (Å²) in [5.74, 6) is -0.508. The number of rotatable bonds is 4. The van der Waals surface area contributed by atoms with E-state index in [1.165, 1.54) is 17.8 Å². The van der Waals surface area contributed by atoms with Crippen molar-refractivity contribution in [3.63, 3.8) is 0 Å². The second-order valence-electron chi connectivity index (χ2n) is 4.37. The van der Waals surface area contributed by atoms with E-state index in [2.05, 4.69) is 0 Å². The molecule has 2 rings (SSSR count). The van der Waals surface area contributed by atoms with Crippen molar-refractivity contribution < 1.29 is 14.1 Å². The Labute approximate surface area is 107 Å². The van der Waals surface area contributed by atoms with Crippen LogP contribution in [0.25, 0.3) is 0 Å². The first-order chi connectivity index (χ1) is 8.18. The molecule has 1 N–H and O–H groups in total. The molecule has 0 spiro atoms. The van der Waals surface area contributed by atoms with Gasteiger partial charge >= 0.3 is 5.97 Å². The van der Waals surface area contributed by atoms with Crippen molar-refractivity contribution in [1.29, 1.82) is 0 Å². The van der Waals surface area contributed by atoms with Gasteiger partial charge in [-0.15, -0.1) is 11.3 Å². The predicted molar refractivity (Wildman–Crippen MR) is 70.0 cm³/mol. The molecule has 1 heterocycles. The van der Waals surface area contributed by atoms with Gasteiger partial charge in [-0.05, 0) is 29.9 Å². The van der Waals surface area contributed by atoms with E-state index in [1.54, 1.807) is 11.4 Å². The van der Waals surface area contributed by atoms with E-state index >= 15 is 0 Å². The fourth-order valence-electron chi connectivity index (χ4n) is 2.24. The topological polar surface area (TPSA) is 54.4 Å². The van der Waals surface area contributed by atoms with Crippen LogP contribution < -0.4 is 0 Å². The van der Waals surface area contributed by atoms with E-state index in [4.69, 9.17) is 5.11 Å². The molecule has 17 heavy (non-hydrogen) atoms. The van der Waals surface area contributed by atoms with Gasteiger partial charge in [-0.2, -0.15) is 0 Å². The molecule has 5 heteroatoms. The highest BCUT2D eigenvalue weighted by Gasteiger charge is 2.22. The summed E-state index contributed by atoms with van der Waals surface area (Å²) in [6.07, 6.45) is 5.61. The monoisotopic (exact) mass is 272 g/mol. The Bertz CT molecular complexity index is 419. The van der Waals surface area contributed by atoms with Crippen LogP contribution in [-0.2, 0) is 16.6 Å². The van der Waals surface area contributed by atoms with Gasteiger partial charge in [0.2, 0.25) is 0 Å². The molecule has 0 bridgehead atoms. The van der Waals surface area contributed by atoms with Gasteiger partial charge in [0, 0.05) is 16.0 Å². The molecule has 1 aromatic rings. The Morgan fingerprint density at radius 2 is 2.12 bits per heavy atom. The molecule has 3 nitrogen and oxygen atoms in total. The van der Waals surface area contributed by atoms with Gasteiger partial charge in [-0.3, -0.25) is 4.21 Å². The van der Waals surface area contributed by atoms with Crippen LogP contribution in [0.5, 0.6) is 0 Å². The lowest BCUT2D eigenvalue weighted by atomic mass is 10.0. The number of aromatic carboxylic acids is 1. The number of hydrogen-bond donors (Lipinski definition) is 1. The predicted octanol–water partition coefficient (Wildman–Crippen LogP) is 3.03. The zero-order valence-electron chi connectivity index (χ0n) is 9.55. The highest BCUT2D eigenvalue weighted by Crippen LogP contribution is 2.25. The van der Waals surface area contributed by atoms with Gasteiger partial charge < -0.3 is 5.11 Å². The maximum absolute atomic E-state index is 12.2. The van der Waals surface area contributed by atoms with Crippen LogP contribution in [0.4, 0.5) is 0 Å². The normalized spacial score (nSPS) is 19.1. The molecule has 0 saturated heterocycles. The van der Waals surface area contributed by atoms with Crippen molar-refractivity contribution in [3.8, 4) is 0 Å². The zero-order valence-corrected chi connectivity index (χ0v) is 11.2. The van der Waals surface area contributed by atoms with Gasteiger partial charge in [0.15, 0.2) is 0 Å². The van der Waals surface area contributed by atoms with Crippen LogP contribution in [0, 0.1) is 0 Å². The Hall–Kier alpha value is -0.680. The molecule has 1 aromatic heterocycles. The highest BCUT2D eigenvalue weighted by molar-refractivity contribution is 7.84. The number of thiophene rings is 1. The van der Waals surface area contributed by atoms with E-state index in [-0.39, 0.29) is 5.25 Å². The molecule has 1 saturated carbocycles. The lowest BCUT2D eigenvalue weighted by Gasteiger charge is -2.20. The fraction of sp³-hybridized carbons (Fsp3) is 0.583. The fourth-order valence-corrected chi connectivity index (χ4v) is 4.73. The van der Waals surface area contributed by atoms with Gasteiger partial charge in [-0.1, -0.05) is 19.3 Å². The average molecular weight is 272 g/mol. The third-order valence-corrected chi connectivity index (χ3v) is 5.92. The summed E-state index contributed by atoms with van der Waals surface area (Å²) in [5, 5.41) is 11.0. The molecule has 1 fully saturated rings. The second kappa shape index (κ2) is 5.78. The Balaban J connectivity index is 2.02. The van der Waals surface area contributed by atoms with Crippen molar-refractivity contribution in [2.24, 2.45) is 0 Å². The third kappa shape index (κ3) is 3.16. The summed E-state index contributed by atoms with van der Waals surface area (Å²) in [6.45, 7) is 0. The first-order valence-corrected chi connectivity index (χ1v) is 8.11. The summed E-state index contributed by atoms with van der Waals surface area (Å²) in [6, 6.07) is 1.79. The van der Waals surface area contributed by atoms with E-state index in [1.807, 2.05) is 0 Å². The van der Waals surface area contributed by atoms with E-state index in [0.29, 0.717) is 10.6 Å². The van der Waals surface area contributed by atoms with Crippen molar-refractivity contribution >= 4 is 28.1 Å². The molecule has 94 valence electrons. The van der Waals surface area contributed by atoms with E-state index in [0.717, 1.165) is 31.2 Å². The highest BCUT2D eigenvalue weighted by atomic mass is 32.2. The molecular weight excluding hydrogens is 256 g/mol. The number of hydrogen-bond acceptors (Lipinski definition) is 3. The summed E-state index contributed by atoms with van der Waals surface area (Å²) in [7, 11) is -0.919. The van der Waals surface area contributed by atoms with E-state index < -0.39 is 16.8 Å². The number of carboxylic acids is 1. The van der Waals surface area contributed by atoms with Crippen LogP contribution >= 0.6 is 11.3 Å². The molecule has 1 aliphatic carbocycles.